The lowest BCUT2D eigenvalue weighted by molar-refractivity contribution is 0.0991. The van der Waals surface area contributed by atoms with Crippen molar-refractivity contribution in [1.29, 1.82) is 0 Å². The van der Waals surface area contributed by atoms with Gasteiger partial charge >= 0.3 is 0 Å². The summed E-state index contributed by atoms with van der Waals surface area (Å²) in [5.41, 5.74) is 3.22. The van der Waals surface area contributed by atoms with Crippen LogP contribution in [0, 0.1) is 13.8 Å². The number of rotatable bonds is 7. The molecule has 4 rings (SSSR count). The number of halogens is 1. The van der Waals surface area contributed by atoms with Crippen LogP contribution in [0.3, 0.4) is 0 Å². The van der Waals surface area contributed by atoms with Gasteiger partial charge in [0, 0.05) is 0 Å². The van der Waals surface area contributed by atoms with Gasteiger partial charge in [0.2, 0.25) is 5.95 Å². The van der Waals surface area contributed by atoms with Gasteiger partial charge in [-0.1, -0.05) is 48.0 Å². The first-order valence-corrected chi connectivity index (χ1v) is 10.1. The van der Waals surface area contributed by atoms with Gasteiger partial charge in [-0.25, -0.2) is 9.67 Å². The topological polar surface area (TPSA) is 82.2 Å². The summed E-state index contributed by atoms with van der Waals surface area (Å²) < 4.78 is 13.0. The van der Waals surface area contributed by atoms with Crippen molar-refractivity contribution in [2.45, 2.75) is 27.0 Å². The number of furan rings is 1. The number of ether oxygens (including phenoxy) is 1. The van der Waals surface area contributed by atoms with Crippen LogP contribution in [0.2, 0.25) is 5.02 Å². The zero-order chi connectivity index (χ0) is 21.8. The molecule has 1 N–H and O–H groups in total. The summed E-state index contributed by atoms with van der Waals surface area (Å²) in [6.07, 6.45) is 1.58. The van der Waals surface area contributed by atoms with E-state index in [0.717, 1.165) is 11.1 Å². The van der Waals surface area contributed by atoms with Gasteiger partial charge in [0.25, 0.3) is 5.91 Å². The maximum absolute atomic E-state index is 12.5. The number of carbonyl (C=O) groups is 1. The molecule has 0 saturated carbocycles. The molecule has 4 aromatic rings. The molecule has 0 unspecified atom stereocenters. The van der Waals surface area contributed by atoms with Gasteiger partial charge in [0.15, 0.2) is 5.76 Å². The highest BCUT2D eigenvalue weighted by Crippen LogP contribution is 2.28. The minimum absolute atomic E-state index is 0.143. The van der Waals surface area contributed by atoms with E-state index < -0.39 is 5.91 Å². The molecule has 0 fully saturated rings. The summed E-state index contributed by atoms with van der Waals surface area (Å²) in [7, 11) is 0. The fourth-order valence-corrected chi connectivity index (χ4v) is 3.35. The van der Waals surface area contributed by atoms with E-state index in [9.17, 15) is 4.79 Å². The molecule has 31 heavy (non-hydrogen) atoms. The molecule has 1 amide bonds. The number of anilines is 1. The van der Waals surface area contributed by atoms with Crippen molar-refractivity contribution in [1.82, 2.24) is 14.8 Å². The molecule has 2 heterocycles. The average molecular weight is 437 g/mol. The van der Waals surface area contributed by atoms with Crippen LogP contribution in [-0.4, -0.2) is 20.7 Å². The number of benzene rings is 2. The van der Waals surface area contributed by atoms with Crippen LogP contribution in [0.15, 0.2) is 65.3 Å². The van der Waals surface area contributed by atoms with E-state index in [1.807, 2.05) is 50.2 Å². The van der Waals surface area contributed by atoms with Crippen LogP contribution in [0.25, 0.3) is 0 Å². The second kappa shape index (κ2) is 9.06. The van der Waals surface area contributed by atoms with Gasteiger partial charge in [-0.3, -0.25) is 10.1 Å². The zero-order valence-electron chi connectivity index (χ0n) is 17.1. The maximum Gasteiger partial charge on any atom is 0.293 e. The Morgan fingerprint density at radius 3 is 2.71 bits per heavy atom. The first kappa shape index (κ1) is 20.7. The lowest BCUT2D eigenvalue weighted by atomic mass is 10.1. The van der Waals surface area contributed by atoms with Crippen LogP contribution in [0.5, 0.6) is 5.75 Å². The Morgan fingerprint density at radius 1 is 1.10 bits per heavy atom. The van der Waals surface area contributed by atoms with Crippen molar-refractivity contribution in [2.24, 2.45) is 0 Å². The van der Waals surface area contributed by atoms with Crippen molar-refractivity contribution in [3.63, 3.8) is 0 Å². The fourth-order valence-electron chi connectivity index (χ4n) is 3.07. The maximum atomic E-state index is 12.5. The Balaban J connectivity index is 1.36. The predicted octanol–water partition coefficient (Wildman–Crippen LogP) is 5.02. The average Bonchev–Trinajstić information content (AvgIpc) is 3.39. The van der Waals surface area contributed by atoms with E-state index in [-0.39, 0.29) is 18.3 Å². The highest BCUT2D eigenvalue weighted by atomic mass is 35.5. The molecule has 2 aromatic heterocycles. The molecule has 0 aliphatic rings. The number of carbonyl (C=O) groups excluding carboxylic acids is 1. The molecule has 0 bridgehead atoms. The highest BCUT2D eigenvalue weighted by molar-refractivity contribution is 6.32. The molecular formula is C23H21ClN4O3. The van der Waals surface area contributed by atoms with Gasteiger partial charge in [-0.15, -0.1) is 5.10 Å². The van der Waals surface area contributed by atoms with Crippen molar-refractivity contribution >= 4 is 23.5 Å². The second-order valence-corrected chi connectivity index (χ2v) is 7.49. The molecule has 0 aliphatic heterocycles. The first-order valence-electron chi connectivity index (χ1n) is 9.71. The van der Waals surface area contributed by atoms with Crippen LogP contribution in [0.4, 0.5) is 5.95 Å². The molecule has 0 radical (unpaired) electrons. The van der Waals surface area contributed by atoms with E-state index >= 15 is 0 Å². The summed E-state index contributed by atoms with van der Waals surface area (Å²) in [5, 5.41) is 7.48. The number of hydrogen-bond acceptors (Lipinski definition) is 5. The van der Waals surface area contributed by atoms with Gasteiger partial charge in [-0.05, 0) is 48.7 Å². The Kier molecular flexibility index (Phi) is 6.04. The van der Waals surface area contributed by atoms with Gasteiger partial charge in [0.05, 0.1) is 11.6 Å². The summed E-state index contributed by atoms with van der Waals surface area (Å²) >= 11 is 6.17. The van der Waals surface area contributed by atoms with Crippen molar-refractivity contribution in [2.75, 3.05) is 5.32 Å². The Bertz CT molecular complexity index is 1190. The quantitative estimate of drug-likeness (QED) is 0.439. The van der Waals surface area contributed by atoms with E-state index in [2.05, 4.69) is 15.4 Å². The molecule has 8 heteroatoms. The SMILES string of the molecule is Cc1ccccc1Cn1cnc(NC(=O)c2ccc(COc3c(C)cccc3Cl)o2)n1. The smallest absolute Gasteiger partial charge is 0.293 e. The summed E-state index contributed by atoms with van der Waals surface area (Å²) in [5.74, 6) is 1.01. The Hall–Kier alpha value is -3.58. The number of hydrogen-bond donors (Lipinski definition) is 1. The largest absolute Gasteiger partial charge is 0.484 e. The van der Waals surface area contributed by atoms with Crippen molar-refractivity contribution in [3.05, 3.63) is 94.2 Å². The summed E-state index contributed by atoms with van der Waals surface area (Å²) in [6, 6.07) is 16.8. The van der Waals surface area contributed by atoms with E-state index in [0.29, 0.717) is 23.1 Å². The molecule has 158 valence electrons. The van der Waals surface area contributed by atoms with E-state index in [1.165, 1.54) is 5.56 Å². The molecular weight excluding hydrogens is 416 g/mol. The normalized spacial score (nSPS) is 10.8. The standard InChI is InChI=1S/C23H21ClN4O3/c1-15-6-3-4-8-17(15)12-28-14-25-23(27-28)26-22(29)20-11-10-18(31-20)13-30-21-16(2)7-5-9-19(21)24/h3-11,14H,12-13H2,1-2H3,(H,26,27,29). The molecule has 0 saturated heterocycles. The summed E-state index contributed by atoms with van der Waals surface area (Å²) in [6.45, 7) is 4.67. The second-order valence-electron chi connectivity index (χ2n) is 7.09. The third kappa shape index (κ3) is 4.95. The van der Waals surface area contributed by atoms with Crippen LogP contribution in [0.1, 0.15) is 33.0 Å². The molecule has 2 aromatic carbocycles. The third-order valence-corrected chi connectivity index (χ3v) is 5.06. The number of para-hydroxylation sites is 1. The fraction of sp³-hybridized carbons (Fsp3) is 0.174. The minimum Gasteiger partial charge on any atom is -0.484 e. The highest BCUT2D eigenvalue weighted by Gasteiger charge is 2.15. The predicted molar refractivity (Wildman–Crippen MR) is 117 cm³/mol. The van der Waals surface area contributed by atoms with E-state index in [1.54, 1.807) is 29.2 Å². The number of amides is 1. The zero-order valence-corrected chi connectivity index (χ0v) is 17.9. The number of aromatic nitrogens is 3. The van der Waals surface area contributed by atoms with Crippen LogP contribution in [-0.2, 0) is 13.2 Å². The van der Waals surface area contributed by atoms with Gasteiger partial charge in [-0.2, -0.15) is 0 Å². The molecule has 0 spiro atoms. The van der Waals surface area contributed by atoms with Gasteiger partial charge < -0.3 is 9.15 Å². The Morgan fingerprint density at radius 2 is 1.90 bits per heavy atom. The van der Waals surface area contributed by atoms with Crippen LogP contribution < -0.4 is 10.1 Å². The molecule has 7 nitrogen and oxygen atoms in total. The lowest BCUT2D eigenvalue weighted by Gasteiger charge is -2.09. The number of nitrogens with zero attached hydrogens (tertiary/aromatic N) is 3. The number of nitrogens with one attached hydrogen (secondary N) is 1. The summed E-state index contributed by atoms with van der Waals surface area (Å²) in [4.78, 5) is 16.6. The van der Waals surface area contributed by atoms with E-state index in [4.69, 9.17) is 20.8 Å². The first-order chi connectivity index (χ1) is 15.0. The lowest BCUT2D eigenvalue weighted by Crippen LogP contribution is -2.12. The van der Waals surface area contributed by atoms with Crippen molar-refractivity contribution in [3.8, 4) is 5.75 Å². The monoisotopic (exact) mass is 436 g/mol. The molecule has 0 atom stereocenters. The Labute approximate surface area is 184 Å². The molecule has 0 aliphatic carbocycles. The number of aryl methyl sites for hydroxylation is 2. The van der Waals surface area contributed by atoms with Crippen molar-refractivity contribution < 1.29 is 13.9 Å². The minimum atomic E-state index is -0.436. The van der Waals surface area contributed by atoms with Gasteiger partial charge in [0.1, 0.15) is 24.4 Å². The third-order valence-electron chi connectivity index (χ3n) is 4.76. The van der Waals surface area contributed by atoms with Crippen LogP contribution >= 0.6 is 11.6 Å².